The van der Waals surface area contributed by atoms with Crippen molar-refractivity contribution in [1.29, 1.82) is 0 Å². The number of aliphatic hydroxyl groups is 1. The second kappa shape index (κ2) is 5.88. The average molecular weight is 274 g/mol. The van der Waals surface area contributed by atoms with Crippen LogP contribution in [0.2, 0.25) is 0 Å². The highest BCUT2D eigenvalue weighted by atomic mass is 16.6. The molecule has 0 bridgehead atoms. The predicted octanol–water partition coefficient (Wildman–Crippen LogP) is 3.13. The standard InChI is InChI=1S/C15H18N2O3/c1-11(2)15(18)13-7-8-16(10-13)9-12-5-3-4-6-14(12)17(19)20/h3-8,10-11,15,18H,9H2,1-2H3. The zero-order valence-electron chi connectivity index (χ0n) is 11.6. The fourth-order valence-electron chi connectivity index (χ4n) is 2.14. The van der Waals surface area contributed by atoms with Gasteiger partial charge < -0.3 is 9.67 Å². The Morgan fingerprint density at radius 3 is 2.65 bits per heavy atom. The van der Waals surface area contributed by atoms with Crippen LogP contribution >= 0.6 is 0 Å². The van der Waals surface area contributed by atoms with E-state index in [0.717, 1.165) is 5.56 Å². The largest absolute Gasteiger partial charge is 0.388 e. The Morgan fingerprint density at radius 1 is 1.30 bits per heavy atom. The molecule has 1 N–H and O–H groups in total. The van der Waals surface area contributed by atoms with Gasteiger partial charge in [-0.15, -0.1) is 0 Å². The first-order chi connectivity index (χ1) is 9.49. The molecule has 0 fully saturated rings. The molecule has 0 aliphatic rings. The van der Waals surface area contributed by atoms with Gasteiger partial charge in [-0.3, -0.25) is 10.1 Å². The van der Waals surface area contributed by atoms with Crippen molar-refractivity contribution < 1.29 is 10.0 Å². The predicted molar refractivity (Wildman–Crippen MR) is 76.4 cm³/mol. The zero-order valence-corrected chi connectivity index (χ0v) is 11.6. The number of nitro benzene ring substituents is 1. The Morgan fingerprint density at radius 2 is 2.00 bits per heavy atom. The molecule has 0 saturated heterocycles. The van der Waals surface area contributed by atoms with Crippen LogP contribution in [0.15, 0.2) is 42.7 Å². The fraction of sp³-hybridized carbons (Fsp3) is 0.333. The number of rotatable bonds is 5. The summed E-state index contributed by atoms with van der Waals surface area (Å²) in [4.78, 5) is 10.6. The van der Waals surface area contributed by atoms with E-state index in [2.05, 4.69) is 0 Å². The third-order valence-corrected chi connectivity index (χ3v) is 3.29. The smallest absolute Gasteiger partial charge is 0.274 e. The van der Waals surface area contributed by atoms with Gasteiger partial charge in [0.2, 0.25) is 0 Å². The number of hydrogen-bond acceptors (Lipinski definition) is 3. The van der Waals surface area contributed by atoms with Crippen LogP contribution in [0.4, 0.5) is 5.69 Å². The summed E-state index contributed by atoms with van der Waals surface area (Å²) in [5.41, 5.74) is 1.60. The third-order valence-electron chi connectivity index (χ3n) is 3.29. The number of hydrogen-bond donors (Lipinski definition) is 1. The molecule has 1 unspecified atom stereocenters. The first-order valence-corrected chi connectivity index (χ1v) is 6.55. The van der Waals surface area contributed by atoms with Crippen molar-refractivity contribution in [2.45, 2.75) is 26.5 Å². The van der Waals surface area contributed by atoms with Crippen molar-refractivity contribution in [1.82, 2.24) is 4.57 Å². The number of benzene rings is 1. The quantitative estimate of drug-likeness (QED) is 0.672. The van der Waals surface area contributed by atoms with E-state index in [-0.39, 0.29) is 16.5 Å². The van der Waals surface area contributed by atoms with E-state index < -0.39 is 6.10 Å². The van der Waals surface area contributed by atoms with Gasteiger partial charge in [0.25, 0.3) is 5.69 Å². The van der Waals surface area contributed by atoms with Gasteiger partial charge in [-0.1, -0.05) is 32.0 Å². The van der Waals surface area contributed by atoms with Crippen molar-refractivity contribution >= 4 is 5.69 Å². The van der Waals surface area contributed by atoms with Gasteiger partial charge in [-0.2, -0.15) is 0 Å². The molecule has 0 aliphatic carbocycles. The van der Waals surface area contributed by atoms with Gasteiger partial charge in [0.15, 0.2) is 0 Å². The Kier molecular flexibility index (Phi) is 4.20. The van der Waals surface area contributed by atoms with Gasteiger partial charge in [0.05, 0.1) is 17.6 Å². The summed E-state index contributed by atoms with van der Waals surface area (Å²) in [6.45, 7) is 4.32. The topological polar surface area (TPSA) is 68.3 Å². The maximum atomic E-state index is 11.0. The maximum absolute atomic E-state index is 11.0. The normalized spacial score (nSPS) is 12.6. The number of aromatic nitrogens is 1. The first kappa shape index (κ1) is 14.3. The first-order valence-electron chi connectivity index (χ1n) is 6.55. The summed E-state index contributed by atoms with van der Waals surface area (Å²) in [7, 11) is 0. The zero-order chi connectivity index (χ0) is 14.7. The Bertz CT molecular complexity index is 605. The van der Waals surface area contributed by atoms with E-state index in [1.807, 2.05) is 36.9 Å². The molecule has 20 heavy (non-hydrogen) atoms. The lowest BCUT2D eigenvalue weighted by atomic mass is 10.0. The number of nitrogens with zero attached hydrogens (tertiary/aromatic N) is 2. The lowest BCUT2D eigenvalue weighted by Gasteiger charge is -2.12. The van der Waals surface area contributed by atoms with Crippen LogP contribution in [0.3, 0.4) is 0 Å². The lowest BCUT2D eigenvalue weighted by Crippen LogP contribution is -2.05. The van der Waals surface area contributed by atoms with Gasteiger partial charge in [0.1, 0.15) is 0 Å². The van der Waals surface area contributed by atoms with Crippen LogP contribution < -0.4 is 0 Å². The van der Waals surface area contributed by atoms with Gasteiger partial charge in [0, 0.05) is 24.0 Å². The summed E-state index contributed by atoms with van der Waals surface area (Å²) in [6.07, 6.45) is 3.15. The summed E-state index contributed by atoms with van der Waals surface area (Å²) in [5, 5.41) is 21.0. The van der Waals surface area contributed by atoms with Crippen LogP contribution in [0.1, 0.15) is 31.1 Å². The molecule has 2 aromatic rings. The molecule has 2 rings (SSSR count). The third kappa shape index (κ3) is 3.05. The van der Waals surface area contributed by atoms with Crippen molar-refractivity contribution in [3.63, 3.8) is 0 Å². The molecule has 106 valence electrons. The molecular formula is C15H18N2O3. The highest BCUT2D eigenvalue weighted by Gasteiger charge is 2.15. The molecular weight excluding hydrogens is 256 g/mol. The van der Waals surface area contributed by atoms with Gasteiger partial charge in [-0.05, 0) is 17.5 Å². The molecule has 1 aromatic heterocycles. The number of para-hydroxylation sites is 1. The van der Waals surface area contributed by atoms with E-state index in [1.54, 1.807) is 18.2 Å². The van der Waals surface area contributed by atoms with Crippen LogP contribution in [0.25, 0.3) is 0 Å². The van der Waals surface area contributed by atoms with E-state index in [9.17, 15) is 15.2 Å². The van der Waals surface area contributed by atoms with E-state index in [0.29, 0.717) is 12.1 Å². The Hall–Kier alpha value is -2.14. The lowest BCUT2D eigenvalue weighted by molar-refractivity contribution is -0.385. The molecule has 5 heteroatoms. The number of aliphatic hydroxyl groups excluding tert-OH is 1. The van der Waals surface area contributed by atoms with Crippen molar-refractivity contribution in [2.75, 3.05) is 0 Å². The van der Waals surface area contributed by atoms with Crippen LogP contribution in [0, 0.1) is 16.0 Å². The summed E-state index contributed by atoms with van der Waals surface area (Å²) < 4.78 is 1.85. The molecule has 0 amide bonds. The van der Waals surface area contributed by atoms with E-state index in [1.165, 1.54) is 6.07 Å². The minimum Gasteiger partial charge on any atom is -0.388 e. The van der Waals surface area contributed by atoms with Gasteiger partial charge in [-0.25, -0.2) is 0 Å². The molecule has 1 heterocycles. The Labute approximate surface area is 117 Å². The monoisotopic (exact) mass is 274 g/mol. The molecule has 5 nitrogen and oxygen atoms in total. The second-order valence-corrected chi connectivity index (χ2v) is 5.19. The minimum absolute atomic E-state index is 0.118. The molecule has 0 saturated carbocycles. The molecule has 1 aromatic carbocycles. The van der Waals surface area contributed by atoms with Crippen molar-refractivity contribution in [3.05, 3.63) is 64.0 Å². The average Bonchev–Trinajstić information content (AvgIpc) is 2.86. The molecule has 0 aliphatic heterocycles. The van der Waals surface area contributed by atoms with Crippen molar-refractivity contribution in [3.8, 4) is 0 Å². The van der Waals surface area contributed by atoms with Crippen LogP contribution in [-0.2, 0) is 6.54 Å². The van der Waals surface area contributed by atoms with Crippen molar-refractivity contribution in [2.24, 2.45) is 5.92 Å². The SMILES string of the molecule is CC(C)C(O)c1ccn(Cc2ccccc2[N+](=O)[O-])c1. The molecule has 0 spiro atoms. The molecule has 0 radical (unpaired) electrons. The van der Waals surface area contributed by atoms with E-state index >= 15 is 0 Å². The Balaban J connectivity index is 2.21. The summed E-state index contributed by atoms with van der Waals surface area (Å²) in [5.74, 6) is 0.136. The number of nitro groups is 1. The highest BCUT2D eigenvalue weighted by Crippen LogP contribution is 2.23. The molecule has 1 atom stereocenters. The fourth-order valence-corrected chi connectivity index (χ4v) is 2.14. The summed E-state index contributed by atoms with van der Waals surface area (Å²) in [6, 6.07) is 8.54. The second-order valence-electron chi connectivity index (χ2n) is 5.19. The van der Waals surface area contributed by atoms with E-state index in [4.69, 9.17) is 0 Å². The minimum atomic E-state index is -0.512. The van der Waals surface area contributed by atoms with Crippen LogP contribution in [-0.4, -0.2) is 14.6 Å². The van der Waals surface area contributed by atoms with Gasteiger partial charge >= 0.3 is 0 Å². The summed E-state index contributed by atoms with van der Waals surface area (Å²) >= 11 is 0. The van der Waals surface area contributed by atoms with Crippen LogP contribution in [0.5, 0.6) is 0 Å². The highest BCUT2D eigenvalue weighted by molar-refractivity contribution is 5.40. The maximum Gasteiger partial charge on any atom is 0.274 e.